The summed E-state index contributed by atoms with van der Waals surface area (Å²) >= 11 is 0. The molecule has 1 aromatic heterocycles. The first-order chi connectivity index (χ1) is 16.7. The molecule has 0 saturated carbocycles. The highest BCUT2D eigenvalue weighted by atomic mass is 16.5. The van der Waals surface area contributed by atoms with Crippen LogP contribution in [0.25, 0.3) is 11.3 Å². The summed E-state index contributed by atoms with van der Waals surface area (Å²) < 4.78 is 30.6. The number of fused-ring (bicyclic) bond motifs is 3. The molecule has 0 aliphatic carbocycles. The molecular weight excluding hydrogens is 432 g/mol. The van der Waals surface area contributed by atoms with E-state index in [1.807, 2.05) is 36.4 Å². The predicted octanol–water partition coefficient (Wildman–Crippen LogP) is 3.87. The van der Waals surface area contributed by atoms with E-state index in [0.29, 0.717) is 19.8 Å². The second-order valence-electron chi connectivity index (χ2n) is 8.09. The Morgan fingerprint density at radius 1 is 0.941 bits per heavy atom. The van der Waals surface area contributed by atoms with Crippen molar-refractivity contribution in [1.82, 2.24) is 4.57 Å². The van der Waals surface area contributed by atoms with Gasteiger partial charge in [-0.25, -0.2) is 0 Å². The largest absolute Gasteiger partial charge is 0.496 e. The van der Waals surface area contributed by atoms with Gasteiger partial charge in [-0.3, -0.25) is 4.99 Å². The summed E-state index contributed by atoms with van der Waals surface area (Å²) in [7, 11) is 6.73. The summed E-state index contributed by atoms with van der Waals surface area (Å²) in [5.74, 6) is 2.40. The van der Waals surface area contributed by atoms with Crippen LogP contribution in [-0.4, -0.2) is 52.3 Å². The van der Waals surface area contributed by atoms with Crippen LogP contribution in [0.4, 0.5) is 0 Å². The van der Waals surface area contributed by atoms with Gasteiger partial charge in [0, 0.05) is 44.0 Å². The Morgan fingerprint density at radius 3 is 2.41 bits per heavy atom. The summed E-state index contributed by atoms with van der Waals surface area (Å²) in [6, 6.07) is 18.1. The van der Waals surface area contributed by atoms with Crippen LogP contribution in [0.3, 0.4) is 0 Å². The molecule has 3 aromatic rings. The Hall–Kier alpha value is -3.29. The van der Waals surface area contributed by atoms with Gasteiger partial charge >= 0.3 is 0 Å². The van der Waals surface area contributed by atoms with E-state index in [1.165, 1.54) is 0 Å². The lowest BCUT2D eigenvalue weighted by Gasteiger charge is -2.27. The van der Waals surface area contributed by atoms with Crippen LogP contribution in [0.1, 0.15) is 11.1 Å². The fourth-order valence-corrected chi connectivity index (χ4v) is 4.28. The molecule has 7 nitrogen and oxygen atoms in total. The van der Waals surface area contributed by atoms with Gasteiger partial charge in [-0.1, -0.05) is 30.3 Å². The zero-order valence-corrected chi connectivity index (χ0v) is 20.2. The van der Waals surface area contributed by atoms with Gasteiger partial charge in [-0.05, 0) is 24.1 Å². The van der Waals surface area contributed by atoms with Crippen molar-refractivity contribution in [2.24, 2.45) is 4.99 Å². The molecule has 7 heteroatoms. The quantitative estimate of drug-likeness (QED) is 0.456. The van der Waals surface area contributed by atoms with E-state index in [0.717, 1.165) is 58.1 Å². The van der Waals surface area contributed by atoms with Gasteiger partial charge in [-0.2, -0.15) is 0 Å². The standard InChI is InChI=1S/C27H32N2O5/c1-30-18-21(31-2)16-28-26-15-20(34-17-19-8-6-5-7-9-19)14-23-27-22(12-13-29(23)26)24(32-3)10-11-25(27)33-4/h5-11,14-15,21H,12-13,16-18H2,1-4H3. The van der Waals surface area contributed by atoms with Crippen LogP contribution in [0.2, 0.25) is 0 Å². The number of rotatable bonds is 10. The third-order valence-electron chi connectivity index (χ3n) is 6.02. The SMILES string of the molecule is COCC(CN=c1cc(OCc2ccccc2)cc2n1CCc1c(OC)ccc(OC)c1-2)OC. The van der Waals surface area contributed by atoms with E-state index in [1.54, 1.807) is 28.4 Å². The second-order valence-corrected chi connectivity index (χ2v) is 8.09. The molecule has 1 atom stereocenters. The van der Waals surface area contributed by atoms with Crippen molar-refractivity contribution in [1.29, 1.82) is 0 Å². The van der Waals surface area contributed by atoms with E-state index in [2.05, 4.69) is 22.8 Å². The first kappa shape index (κ1) is 23.9. The lowest BCUT2D eigenvalue weighted by atomic mass is 9.95. The normalized spacial score (nSPS) is 13.7. The Bertz CT molecular complexity index is 1170. The molecule has 0 fully saturated rings. The molecule has 1 unspecified atom stereocenters. The number of nitrogens with zero attached hydrogens (tertiary/aromatic N) is 2. The average Bonchev–Trinajstić information content (AvgIpc) is 2.89. The van der Waals surface area contributed by atoms with Crippen LogP contribution >= 0.6 is 0 Å². The highest BCUT2D eigenvalue weighted by Gasteiger charge is 2.24. The molecule has 0 radical (unpaired) electrons. The average molecular weight is 465 g/mol. The van der Waals surface area contributed by atoms with Crippen LogP contribution in [-0.2, 0) is 29.0 Å². The fourth-order valence-electron chi connectivity index (χ4n) is 4.28. The summed E-state index contributed by atoms with van der Waals surface area (Å²) in [4.78, 5) is 4.90. The van der Waals surface area contributed by atoms with E-state index < -0.39 is 0 Å². The van der Waals surface area contributed by atoms with Crippen molar-refractivity contribution in [3.05, 3.63) is 71.2 Å². The number of pyridine rings is 1. The number of benzene rings is 2. The van der Waals surface area contributed by atoms with Gasteiger partial charge in [0.25, 0.3) is 0 Å². The molecule has 0 amide bonds. The van der Waals surface area contributed by atoms with Crippen molar-refractivity contribution >= 4 is 0 Å². The summed E-state index contributed by atoms with van der Waals surface area (Å²) in [5, 5.41) is 0. The van der Waals surface area contributed by atoms with Gasteiger partial charge in [0.1, 0.15) is 29.3 Å². The zero-order chi connectivity index (χ0) is 23.9. The van der Waals surface area contributed by atoms with Gasteiger partial charge in [0.2, 0.25) is 0 Å². The molecule has 180 valence electrons. The van der Waals surface area contributed by atoms with Crippen molar-refractivity contribution in [3.8, 4) is 28.5 Å². The minimum Gasteiger partial charge on any atom is -0.496 e. The van der Waals surface area contributed by atoms with Crippen LogP contribution in [0, 0.1) is 0 Å². The van der Waals surface area contributed by atoms with Gasteiger partial charge in [0.05, 0.1) is 39.2 Å². The maximum atomic E-state index is 6.22. The first-order valence-corrected chi connectivity index (χ1v) is 11.4. The van der Waals surface area contributed by atoms with E-state index in [9.17, 15) is 0 Å². The second kappa shape index (κ2) is 11.2. The van der Waals surface area contributed by atoms with Crippen molar-refractivity contribution in [2.45, 2.75) is 25.7 Å². The molecule has 34 heavy (non-hydrogen) atoms. The molecule has 2 heterocycles. The van der Waals surface area contributed by atoms with Crippen molar-refractivity contribution < 1.29 is 23.7 Å². The van der Waals surface area contributed by atoms with E-state index >= 15 is 0 Å². The monoisotopic (exact) mass is 464 g/mol. The van der Waals surface area contributed by atoms with E-state index in [4.69, 9.17) is 28.7 Å². The molecule has 0 N–H and O–H groups in total. The summed E-state index contributed by atoms with van der Waals surface area (Å²) in [5.41, 5.74) is 5.05. The number of hydrogen-bond donors (Lipinski definition) is 0. The van der Waals surface area contributed by atoms with Gasteiger partial charge in [-0.15, -0.1) is 0 Å². The Balaban J connectivity index is 1.81. The van der Waals surface area contributed by atoms with Crippen molar-refractivity contribution in [3.63, 3.8) is 0 Å². The van der Waals surface area contributed by atoms with E-state index in [-0.39, 0.29) is 6.10 Å². The molecule has 2 aromatic carbocycles. The highest BCUT2D eigenvalue weighted by molar-refractivity contribution is 5.76. The number of methoxy groups -OCH3 is 4. The maximum absolute atomic E-state index is 6.22. The molecule has 1 aliphatic rings. The third-order valence-corrected chi connectivity index (χ3v) is 6.02. The molecule has 1 aliphatic heterocycles. The van der Waals surface area contributed by atoms with Crippen molar-refractivity contribution in [2.75, 3.05) is 41.6 Å². The smallest absolute Gasteiger partial charge is 0.131 e. The zero-order valence-electron chi connectivity index (χ0n) is 20.2. The summed E-state index contributed by atoms with van der Waals surface area (Å²) in [6.07, 6.45) is 0.687. The molecule has 0 spiro atoms. The number of ether oxygens (including phenoxy) is 5. The third kappa shape index (κ3) is 5.11. The highest BCUT2D eigenvalue weighted by Crippen LogP contribution is 2.42. The van der Waals surface area contributed by atoms with Crippen LogP contribution in [0.15, 0.2) is 59.6 Å². The lowest BCUT2D eigenvalue weighted by Crippen LogP contribution is -2.30. The summed E-state index contributed by atoms with van der Waals surface area (Å²) in [6.45, 7) is 2.20. The van der Waals surface area contributed by atoms with Crippen LogP contribution in [0.5, 0.6) is 17.2 Å². The molecule has 0 bridgehead atoms. The molecule has 0 saturated heterocycles. The number of hydrogen-bond acceptors (Lipinski definition) is 6. The first-order valence-electron chi connectivity index (χ1n) is 11.4. The van der Waals surface area contributed by atoms with Gasteiger partial charge < -0.3 is 28.3 Å². The topological polar surface area (TPSA) is 63.4 Å². The molecule has 4 rings (SSSR count). The maximum Gasteiger partial charge on any atom is 0.131 e. The minimum atomic E-state index is -0.124. The minimum absolute atomic E-state index is 0.124. The van der Waals surface area contributed by atoms with Gasteiger partial charge in [0.15, 0.2) is 0 Å². The number of aromatic nitrogens is 1. The Kier molecular flexibility index (Phi) is 7.87. The van der Waals surface area contributed by atoms with Crippen LogP contribution < -0.4 is 19.7 Å². The Morgan fingerprint density at radius 2 is 1.71 bits per heavy atom. The molecular formula is C27H32N2O5. The fraction of sp³-hybridized carbons (Fsp3) is 0.370. The Labute approximate surface area is 200 Å². The lowest BCUT2D eigenvalue weighted by molar-refractivity contribution is 0.0338. The predicted molar refractivity (Wildman–Crippen MR) is 131 cm³/mol.